The van der Waals surface area contributed by atoms with E-state index in [9.17, 15) is 10.1 Å². The van der Waals surface area contributed by atoms with Crippen LogP contribution in [0.2, 0.25) is 0 Å². The number of terminal acetylenes is 1. The number of fused-ring (bicyclic) bond motifs is 1. The number of aromatic nitrogens is 3. The summed E-state index contributed by atoms with van der Waals surface area (Å²) in [6, 6.07) is 8.18. The molecule has 33 heavy (non-hydrogen) atoms. The van der Waals surface area contributed by atoms with E-state index < -0.39 is 0 Å². The van der Waals surface area contributed by atoms with Gasteiger partial charge in [0.25, 0.3) is 5.91 Å². The molecule has 1 unspecified atom stereocenters. The van der Waals surface area contributed by atoms with Gasteiger partial charge in [-0.2, -0.15) is 10.4 Å². The number of pyridine rings is 2. The van der Waals surface area contributed by atoms with Crippen molar-refractivity contribution in [3.8, 4) is 35.3 Å². The largest absolute Gasteiger partial charge is 0.492 e. The number of hydrogen-bond acceptors (Lipinski definition) is 6. The molecule has 166 valence electrons. The van der Waals surface area contributed by atoms with Crippen LogP contribution < -0.4 is 9.64 Å². The molecule has 0 aromatic carbocycles. The Hall–Kier alpha value is -4.04. The summed E-state index contributed by atoms with van der Waals surface area (Å²) < 4.78 is 7.38. The van der Waals surface area contributed by atoms with E-state index >= 15 is 0 Å². The number of anilines is 1. The fourth-order valence-corrected chi connectivity index (χ4v) is 5.04. The maximum Gasteiger partial charge on any atom is 0.298 e. The number of carbonyl (C=O) groups excluding carboxylic acids is 1. The number of hydrogen-bond donors (Lipinski definition) is 0. The minimum atomic E-state index is -0.218. The van der Waals surface area contributed by atoms with Crippen molar-refractivity contribution >= 4 is 17.2 Å². The van der Waals surface area contributed by atoms with E-state index in [-0.39, 0.29) is 11.3 Å². The molecule has 5 rings (SSSR count). The molecule has 3 aromatic rings. The Morgan fingerprint density at radius 3 is 2.85 bits per heavy atom. The Balaban J connectivity index is 1.41. The lowest BCUT2D eigenvalue weighted by molar-refractivity contribution is -0.124. The standard InChI is InChI=1S/C25H24N6O2/c1-3-23(32)30-10-8-25(17-30)7-9-29(16-25)22-6-5-18(13-27-22)21-11-20(33-4-2)15-31-24(21)19(12-26)14-28-31/h1,5-6,11,13-15H,4,7-10,16-17H2,2H3. The minimum absolute atomic E-state index is 0.0874. The first kappa shape index (κ1) is 20.8. The highest BCUT2D eigenvalue weighted by Gasteiger charge is 2.44. The van der Waals surface area contributed by atoms with E-state index in [0.717, 1.165) is 54.9 Å². The molecular formula is C25H24N6O2. The Labute approximate surface area is 192 Å². The topological polar surface area (TPSA) is 86.8 Å². The van der Waals surface area contributed by atoms with Crippen LogP contribution in [0.1, 0.15) is 25.3 Å². The van der Waals surface area contributed by atoms with E-state index in [1.807, 2.05) is 31.3 Å². The van der Waals surface area contributed by atoms with Gasteiger partial charge in [0.1, 0.15) is 17.6 Å². The first-order chi connectivity index (χ1) is 16.1. The van der Waals surface area contributed by atoms with Crippen LogP contribution in [0.4, 0.5) is 5.82 Å². The van der Waals surface area contributed by atoms with E-state index in [0.29, 0.717) is 24.5 Å². The molecule has 8 nitrogen and oxygen atoms in total. The molecule has 0 bridgehead atoms. The molecule has 3 aromatic heterocycles. The highest BCUT2D eigenvalue weighted by molar-refractivity contribution is 5.93. The number of likely N-dealkylation sites (tertiary alicyclic amines) is 1. The molecule has 1 amide bonds. The van der Waals surface area contributed by atoms with E-state index in [4.69, 9.17) is 16.1 Å². The number of nitriles is 1. The van der Waals surface area contributed by atoms with Crippen LogP contribution >= 0.6 is 0 Å². The second kappa shape index (κ2) is 8.14. The molecule has 0 radical (unpaired) electrons. The van der Waals surface area contributed by atoms with Crippen LogP contribution in [-0.2, 0) is 4.79 Å². The average Bonchev–Trinajstić information content (AvgIpc) is 3.57. The maximum atomic E-state index is 11.9. The summed E-state index contributed by atoms with van der Waals surface area (Å²) in [6.45, 7) is 5.66. The zero-order chi connectivity index (χ0) is 23.0. The van der Waals surface area contributed by atoms with Gasteiger partial charge in [-0.3, -0.25) is 4.79 Å². The smallest absolute Gasteiger partial charge is 0.298 e. The second-order valence-electron chi connectivity index (χ2n) is 8.68. The van der Waals surface area contributed by atoms with Gasteiger partial charge in [0.15, 0.2) is 0 Å². The Morgan fingerprint density at radius 2 is 2.12 bits per heavy atom. The fourth-order valence-electron chi connectivity index (χ4n) is 5.04. The predicted molar refractivity (Wildman–Crippen MR) is 124 cm³/mol. The fraction of sp³-hybridized carbons (Fsp3) is 0.360. The summed E-state index contributed by atoms with van der Waals surface area (Å²) in [7, 11) is 0. The molecule has 2 fully saturated rings. The summed E-state index contributed by atoms with van der Waals surface area (Å²) in [5.74, 6) is 3.61. The Morgan fingerprint density at radius 1 is 1.27 bits per heavy atom. The van der Waals surface area contributed by atoms with Crippen molar-refractivity contribution in [2.45, 2.75) is 19.8 Å². The van der Waals surface area contributed by atoms with Gasteiger partial charge in [0, 0.05) is 48.9 Å². The van der Waals surface area contributed by atoms with Gasteiger partial charge < -0.3 is 14.5 Å². The Kier molecular flexibility index (Phi) is 5.14. The number of rotatable bonds is 4. The highest BCUT2D eigenvalue weighted by Crippen LogP contribution is 2.41. The molecule has 5 heterocycles. The number of nitrogens with zero attached hydrogens (tertiary/aromatic N) is 6. The second-order valence-corrected chi connectivity index (χ2v) is 8.68. The first-order valence-corrected chi connectivity index (χ1v) is 11.1. The third kappa shape index (κ3) is 3.64. The summed E-state index contributed by atoms with van der Waals surface area (Å²) in [4.78, 5) is 20.7. The lowest BCUT2D eigenvalue weighted by atomic mass is 9.86. The lowest BCUT2D eigenvalue weighted by Crippen LogP contribution is -2.33. The van der Waals surface area contributed by atoms with Crippen molar-refractivity contribution in [3.63, 3.8) is 0 Å². The summed E-state index contributed by atoms with van der Waals surface area (Å²) in [6.07, 6.45) is 12.5. The molecule has 1 spiro atoms. The molecule has 2 aliphatic heterocycles. The predicted octanol–water partition coefficient (Wildman–Crippen LogP) is 2.73. The zero-order valence-corrected chi connectivity index (χ0v) is 18.5. The summed E-state index contributed by atoms with van der Waals surface area (Å²) in [5, 5.41) is 13.8. The molecule has 0 saturated carbocycles. The van der Waals surface area contributed by atoms with Gasteiger partial charge in [-0.05, 0) is 43.9 Å². The van der Waals surface area contributed by atoms with E-state index in [1.165, 1.54) is 0 Å². The normalized spacial score (nSPS) is 19.7. The molecule has 0 N–H and O–H groups in total. The Bertz CT molecular complexity index is 1300. The number of ether oxygens (including phenoxy) is 1. The monoisotopic (exact) mass is 440 g/mol. The first-order valence-electron chi connectivity index (χ1n) is 11.1. The van der Waals surface area contributed by atoms with Gasteiger partial charge in [-0.1, -0.05) is 0 Å². The van der Waals surface area contributed by atoms with Crippen LogP contribution in [0.3, 0.4) is 0 Å². The van der Waals surface area contributed by atoms with E-state index in [2.05, 4.69) is 22.0 Å². The number of amides is 1. The zero-order valence-electron chi connectivity index (χ0n) is 18.5. The molecule has 2 aliphatic rings. The van der Waals surface area contributed by atoms with Crippen LogP contribution in [0.15, 0.2) is 36.8 Å². The van der Waals surface area contributed by atoms with Crippen LogP contribution in [0.25, 0.3) is 16.6 Å². The van der Waals surface area contributed by atoms with Crippen LogP contribution in [0, 0.1) is 29.1 Å². The molecule has 2 saturated heterocycles. The van der Waals surface area contributed by atoms with Crippen LogP contribution in [-0.4, -0.2) is 58.2 Å². The molecule has 8 heteroatoms. The molecule has 1 atom stereocenters. The van der Waals surface area contributed by atoms with Gasteiger partial charge in [0.05, 0.1) is 30.1 Å². The van der Waals surface area contributed by atoms with Crippen molar-refractivity contribution in [1.29, 1.82) is 5.26 Å². The average molecular weight is 441 g/mol. The van der Waals surface area contributed by atoms with Crippen molar-refractivity contribution in [3.05, 3.63) is 42.4 Å². The third-order valence-electron chi connectivity index (χ3n) is 6.69. The molecular weight excluding hydrogens is 416 g/mol. The SMILES string of the molecule is C#CC(=O)N1CCC2(CCN(c3ccc(-c4cc(OCC)cn5ncc(C#N)c45)cn3)C2)C1. The van der Waals surface area contributed by atoms with Crippen molar-refractivity contribution in [2.75, 3.05) is 37.7 Å². The summed E-state index contributed by atoms with van der Waals surface area (Å²) in [5.41, 5.74) is 3.07. The maximum absolute atomic E-state index is 11.9. The minimum Gasteiger partial charge on any atom is -0.492 e. The van der Waals surface area contributed by atoms with E-state index in [1.54, 1.807) is 21.8 Å². The number of carbonyl (C=O) groups is 1. The van der Waals surface area contributed by atoms with Crippen molar-refractivity contribution in [2.24, 2.45) is 5.41 Å². The highest BCUT2D eigenvalue weighted by atomic mass is 16.5. The quantitative estimate of drug-likeness (QED) is 0.580. The van der Waals surface area contributed by atoms with Crippen LogP contribution in [0.5, 0.6) is 5.75 Å². The summed E-state index contributed by atoms with van der Waals surface area (Å²) >= 11 is 0. The molecule has 0 aliphatic carbocycles. The lowest BCUT2D eigenvalue weighted by Gasteiger charge is -2.24. The van der Waals surface area contributed by atoms with Gasteiger partial charge in [-0.25, -0.2) is 9.50 Å². The van der Waals surface area contributed by atoms with Gasteiger partial charge >= 0.3 is 0 Å². The van der Waals surface area contributed by atoms with Gasteiger partial charge in [0.2, 0.25) is 0 Å². The van der Waals surface area contributed by atoms with Crippen molar-refractivity contribution < 1.29 is 9.53 Å². The van der Waals surface area contributed by atoms with Gasteiger partial charge in [-0.15, -0.1) is 6.42 Å². The van der Waals surface area contributed by atoms with Crippen molar-refractivity contribution in [1.82, 2.24) is 19.5 Å². The third-order valence-corrected chi connectivity index (χ3v) is 6.69.